The van der Waals surface area contributed by atoms with E-state index in [1.54, 1.807) is 43.3 Å². The van der Waals surface area contributed by atoms with Gasteiger partial charge in [-0.2, -0.15) is 0 Å². The highest BCUT2D eigenvalue weighted by Crippen LogP contribution is 2.27. The summed E-state index contributed by atoms with van der Waals surface area (Å²) in [6, 6.07) is 11.5. The minimum absolute atomic E-state index is 0.0375. The number of halogens is 1. The van der Waals surface area contributed by atoms with Crippen molar-refractivity contribution in [3.8, 4) is 5.75 Å². The number of esters is 1. The van der Waals surface area contributed by atoms with E-state index in [-0.39, 0.29) is 18.9 Å². The second-order valence-electron chi connectivity index (χ2n) is 7.08. The van der Waals surface area contributed by atoms with Crippen LogP contribution in [0, 0.1) is 6.92 Å². The van der Waals surface area contributed by atoms with Gasteiger partial charge in [0.1, 0.15) is 18.0 Å². The van der Waals surface area contributed by atoms with Crippen molar-refractivity contribution in [1.29, 1.82) is 0 Å². The molecule has 172 valence electrons. The Morgan fingerprint density at radius 1 is 1.18 bits per heavy atom. The molecular formula is C23H22BrN3O6. The van der Waals surface area contributed by atoms with E-state index in [0.717, 1.165) is 10.5 Å². The van der Waals surface area contributed by atoms with E-state index in [2.05, 4.69) is 26.6 Å². The fraction of sp³-hybridized carbons (Fsp3) is 0.217. The second kappa shape index (κ2) is 10.8. The van der Waals surface area contributed by atoms with Crippen LogP contribution in [-0.4, -0.2) is 48.5 Å². The maximum atomic E-state index is 12.7. The van der Waals surface area contributed by atoms with Crippen molar-refractivity contribution < 1.29 is 28.7 Å². The van der Waals surface area contributed by atoms with Crippen LogP contribution in [0.15, 0.2) is 52.6 Å². The zero-order chi connectivity index (χ0) is 24.0. The maximum absolute atomic E-state index is 12.7. The number of urea groups is 1. The van der Waals surface area contributed by atoms with Gasteiger partial charge in [-0.25, -0.2) is 14.5 Å². The van der Waals surface area contributed by atoms with E-state index < -0.39 is 30.4 Å². The Hall–Kier alpha value is -3.66. The highest BCUT2D eigenvalue weighted by atomic mass is 79.9. The number of carbonyl (C=O) groups excluding carboxylic acids is 4. The van der Waals surface area contributed by atoms with Crippen LogP contribution in [0.1, 0.15) is 18.1 Å². The van der Waals surface area contributed by atoms with E-state index in [0.29, 0.717) is 21.5 Å². The summed E-state index contributed by atoms with van der Waals surface area (Å²) in [6.07, 6.45) is 1.48. The summed E-state index contributed by atoms with van der Waals surface area (Å²) >= 11 is 3.35. The summed E-state index contributed by atoms with van der Waals surface area (Å²) in [5.74, 6) is -1.17. The van der Waals surface area contributed by atoms with Crippen molar-refractivity contribution in [2.24, 2.45) is 0 Å². The van der Waals surface area contributed by atoms with Gasteiger partial charge in [-0.1, -0.05) is 18.2 Å². The number of rotatable bonds is 8. The summed E-state index contributed by atoms with van der Waals surface area (Å²) in [4.78, 5) is 49.5. The average Bonchev–Trinajstić information content (AvgIpc) is 3.00. The number of imide groups is 1. The first-order valence-electron chi connectivity index (χ1n) is 10.1. The Morgan fingerprint density at radius 2 is 1.97 bits per heavy atom. The lowest BCUT2D eigenvalue weighted by Crippen LogP contribution is -2.38. The number of hydrogen-bond donors (Lipinski definition) is 2. The fourth-order valence-electron chi connectivity index (χ4n) is 3.01. The quantitative estimate of drug-likeness (QED) is 0.317. The molecule has 0 spiro atoms. The molecule has 9 nitrogen and oxygen atoms in total. The van der Waals surface area contributed by atoms with Crippen LogP contribution in [0.2, 0.25) is 0 Å². The van der Waals surface area contributed by atoms with Gasteiger partial charge in [0.2, 0.25) is 5.91 Å². The van der Waals surface area contributed by atoms with Gasteiger partial charge in [-0.05, 0) is 71.2 Å². The van der Waals surface area contributed by atoms with E-state index in [1.807, 2.05) is 13.0 Å². The van der Waals surface area contributed by atoms with Crippen LogP contribution >= 0.6 is 15.9 Å². The first kappa shape index (κ1) is 24.0. The first-order chi connectivity index (χ1) is 15.8. The minimum Gasteiger partial charge on any atom is -0.481 e. The van der Waals surface area contributed by atoms with Crippen molar-refractivity contribution in [1.82, 2.24) is 10.2 Å². The van der Waals surface area contributed by atoms with Gasteiger partial charge in [0.15, 0.2) is 6.61 Å². The number of nitrogens with zero attached hydrogens (tertiary/aromatic N) is 1. The van der Waals surface area contributed by atoms with Crippen molar-refractivity contribution in [2.75, 3.05) is 25.1 Å². The van der Waals surface area contributed by atoms with E-state index >= 15 is 0 Å². The lowest BCUT2D eigenvalue weighted by Gasteiger charge is -2.12. The molecule has 2 aromatic rings. The third-order valence-corrected chi connectivity index (χ3v) is 5.10. The van der Waals surface area contributed by atoms with E-state index in [1.165, 1.54) is 6.08 Å². The number of nitrogens with one attached hydrogen (secondary N) is 2. The summed E-state index contributed by atoms with van der Waals surface area (Å²) in [5, 5.41) is 5.15. The first-order valence-corrected chi connectivity index (χ1v) is 10.8. The van der Waals surface area contributed by atoms with Crippen LogP contribution in [0.5, 0.6) is 5.75 Å². The Labute approximate surface area is 198 Å². The van der Waals surface area contributed by atoms with Gasteiger partial charge < -0.3 is 20.1 Å². The van der Waals surface area contributed by atoms with Crippen LogP contribution in [0.3, 0.4) is 0 Å². The Bertz CT molecular complexity index is 1130. The molecule has 0 saturated carbocycles. The number of ether oxygens (including phenoxy) is 2. The third-order valence-electron chi connectivity index (χ3n) is 4.48. The third kappa shape index (κ3) is 6.42. The smallest absolute Gasteiger partial charge is 0.344 e. The summed E-state index contributed by atoms with van der Waals surface area (Å²) in [7, 11) is 0. The number of amides is 4. The zero-order valence-corrected chi connectivity index (χ0v) is 19.6. The maximum Gasteiger partial charge on any atom is 0.344 e. The monoisotopic (exact) mass is 515 g/mol. The Morgan fingerprint density at radius 3 is 2.67 bits per heavy atom. The van der Waals surface area contributed by atoms with Crippen LogP contribution < -0.4 is 15.4 Å². The molecule has 33 heavy (non-hydrogen) atoms. The largest absolute Gasteiger partial charge is 0.481 e. The number of carbonyl (C=O) groups is 4. The van der Waals surface area contributed by atoms with Gasteiger partial charge in [-0.3, -0.25) is 9.59 Å². The SMILES string of the molecule is CCOC(=O)COc1ccc(/C=C2/NC(=O)N(CC(=O)Nc3cccc(C)c3)C2=O)cc1Br. The van der Waals surface area contributed by atoms with Gasteiger partial charge in [0.05, 0.1) is 11.1 Å². The van der Waals surface area contributed by atoms with Gasteiger partial charge in [-0.15, -0.1) is 0 Å². The summed E-state index contributed by atoms with van der Waals surface area (Å²) < 4.78 is 10.8. The fourth-order valence-corrected chi connectivity index (χ4v) is 3.52. The average molecular weight is 516 g/mol. The van der Waals surface area contributed by atoms with Gasteiger partial charge >= 0.3 is 12.0 Å². The molecule has 1 aliphatic rings. The molecule has 0 aromatic heterocycles. The number of anilines is 1. The standard InChI is InChI=1S/C23H22BrN3O6/c1-3-32-21(29)13-33-19-8-7-15(10-17(19)24)11-18-22(30)27(23(31)26-18)12-20(28)25-16-6-4-5-14(2)9-16/h4-11H,3,12-13H2,1-2H3,(H,25,28)(H,26,31)/b18-11+. The molecule has 1 saturated heterocycles. The Kier molecular flexibility index (Phi) is 7.83. The minimum atomic E-state index is -0.681. The molecule has 0 atom stereocenters. The van der Waals surface area contributed by atoms with Crippen LogP contribution in [0.4, 0.5) is 10.5 Å². The van der Waals surface area contributed by atoms with Gasteiger partial charge in [0.25, 0.3) is 5.91 Å². The number of benzene rings is 2. The van der Waals surface area contributed by atoms with Crippen LogP contribution in [-0.2, 0) is 19.1 Å². The van der Waals surface area contributed by atoms with Crippen molar-refractivity contribution in [3.05, 3.63) is 63.8 Å². The molecule has 3 rings (SSSR count). The van der Waals surface area contributed by atoms with Gasteiger partial charge in [0, 0.05) is 5.69 Å². The summed E-state index contributed by atoms with van der Waals surface area (Å²) in [5.41, 5.74) is 2.19. The number of hydrogen-bond acceptors (Lipinski definition) is 6. The Balaban J connectivity index is 1.64. The van der Waals surface area contributed by atoms with Crippen molar-refractivity contribution >= 4 is 51.5 Å². The molecule has 0 aliphatic carbocycles. The van der Waals surface area contributed by atoms with Crippen molar-refractivity contribution in [3.63, 3.8) is 0 Å². The van der Waals surface area contributed by atoms with E-state index in [9.17, 15) is 19.2 Å². The highest BCUT2D eigenvalue weighted by molar-refractivity contribution is 9.10. The molecule has 1 fully saturated rings. The molecular weight excluding hydrogens is 494 g/mol. The summed E-state index contributed by atoms with van der Waals surface area (Å²) in [6.45, 7) is 3.21. The molecule has 0 bridgehead atoms. The molecule has 0 radical (unpaired) electrons. The molecule has 1 heterocycles. The predicted octanol–water partition coefficient (Wildman–Crippen LogP) is 3.23. The zero-order valence-electron chi connectivity index (χ0n) is 18.0. The van der Waals surface area contributed by atoms with Crippen LogP contribution in [0.25, 0.3) is 6.08 Å². The molecule has 4 amide bonds. The number of aryl methyl sites for hydroxylation is 1. The van der Waals surface area contributed by atoms with E-state index in [4.69, 9.17) is 9.47 Å². The predicted molar refractivity (Wildman–Crippen MR) is 124 cm³/mol. The normalized spacial score (nSPS) is 14.3. The molecule has 1 aliphatic heterocycles. The molecule has 0 unspecified atom stereocenters. The lowest BCUT2D eigenvalue weighted by molar-refractivity contribution is -0.145. The highest BCUT2D eigenvalue weighted by Gasteiger charge is 2.34. The lowest BCUT2D eigenvalue weighted by atomic mass is 10.2. The molecule has 2 N–H and O–H groups in total. The topological polar surface area (TPSA) is 114 Å². The molecule has 2 aromatic carbocycles. The van der Waals surface area contributed by atoms with Crippen molar-refractivity contribution in [2.45, 2.75) is 13.8 Å². The molecule has 10 heteroatoms. The second-order valence-corrected chi connectivity index (χ2v) is 7.94.